The van der Waals surface area contributed by atoms with Crippen molar-refractivity contribution < 1.29 is 13.7 Å². The second-order valence-corrected chi connectivity index (χ2v) is 7.68. The second kappa shape index (κ2) is 5.16. The van der Waals surface area contributed by atoms with Gasteiger partial charge >= 0.3 is 0 Å². The molecule has 18 heavy (non-hydrogen) atoms. The normalized spacial score (nSPS) is 28.7. The molecule has 0 spiro atoms. The van der Waals surface area contributed by atoms with Gasteiger partial charge in [-0.25, -0.2) is 8.42 Å². The summed E-state index contributed by atoms with van der Waals surface area (Å²) in [6.45, 7) is 1.86. The number of hydrogen-bond acceptors (Lipinski definition) is 4. The fraction of sp³-hybridized carbons (Fsp3) is 0.917. The zero-order valence-electron chi connectivity index (χ0n) is 10.9. The maximum atomic E-state index is 11.4. The molecule has 0 aromatic heterocycles. The van der Waals surface area contributed by atoms with Gasteiger partial charge in [-0.05, 0) is 32.7 Å². The summed E-state index contributed by atoms with van der Waals surface area (Å²) in [6, 6.07) is 3.03. The molecule has 0 aliphatic carbocycles. The van der Waals surface area contributed by atoms with E-state index in [0.717, 1.165) is 38.8 Å². The molecule has 2 saturated heterocycles. The first kappa shape index (κ1) is 13.8. The third-order valence-corrected chi connectivity index (χ3v) is 6.13. The van der Waals surface area contributed by atoms with Crippen molar-refractivity contribution in [3.8, 4) is 6.07 Å². The predicted molar refractivity (Wildman–Crippen MR) is 69.1 cm³/mol. The summed E-state index contributed by atoms with van der Waals surface area (Å²) in [5.74, 6) is 0.671. The molecule has 0 aromatic rings. The summed E-state index contributed by atoms with van der Waals surface area (Å²) in [4.78, 5) is 2.39. The zero-order valence-corrected chi connectivity index (χ0v) is 11.7. The molecule has 0 unspecified atom stereocenters. The Morgan fingerprint density at radius 2 is 1.83 bits per heavy atom. The highest BCUT2D eigenvalue weighted by Gasteiger charge is 2.39. The van der Waals surface area contributed by atoms with Gasteiger partial charge in [-0.3, -0.25) is 5.32 Å². The SMILES string of the molecule is CNC1(C#[NH+])CCN(C2CCS(=O)(=O)CC2)CC1. The topological polar surface area (TPSA) is 73.2 Å². The van der Waals surface area contributed by atoms with Crippen LogP contribution in [0.4, 0.5) is 0 Å². The standard InChI is InChI=1S/C12H21N3O2S/c1-14-12(10-13)4-6-15(7-5-12)11-2-8-18(16,17)9-3-11/h11,14H,2-9H2,1H3/p+1. The van der Waals surface area contributed by atoms with Crippen LogP contribution in [-0.2, 0) is 9.84 Å². The van der Waals surface area contributed by atoms with Crippen molar-refractivity contribution in [1.29, 1.82) is 0 Å². The van der Waals surface area contributed by atoms with Crippen LogP contribution in [0.2, 0.25) is 0 Å². The van der Waals surface area contributed by atoms with Crippen LogP contribution in [0.15, 0.2) is 0 Å². The van der Waals surface area contributed by atoms with E-state index >= 15 is 0 Å². The molecule has 2 aliphatic heterocycles. The Morgan fingerprint density at radius 1 is 1.28 bits per heavy atom. The van der Waals surface area contributed by atoms with E-state index in [4.69, 9.17) is 5.26 Å². The summed E-state index contributed by atoms with van der Waals surface area (Å²) in [6.07, 6.45) is 3.30. The van der Waals surface area contributed by atoms with E-state index in [1.54, 1.807) is 0 Å². The van der Waals surface area contributed by atoms with Crippen LogP contribution in [0, 0.1) is 6.07 Å². The van der Waals surface area contributed by atoms with E-state index in [2.05, 4.69) is 16.3 Å². The number of likely N-dealkylation sites (tertiary alicyclic amines) is 1. The molecule has 6 heteroatoms. The lowest BCUT2D eigenvalue weighted by Crippen LogP contribution is -2.56. The van der Waals surface area contributed by atoms with Gasteiger partial charge in [0.25, 0.3) is 6.07 Å². The Labute approximate surface area is 109 Å². The minimum absolute atomic E-state index is 0.267. The molecular formula is C12H22N3O2S+. The lowest BCUT2D eigenvalue weighted by atomic mass is 9.88. The molecule has 0 amide bonds. The maximum Gasteiger partial charge on any atom is 0.292 e. The molecular weight excluding hydrogens is 250 g/mol. The van der Waals surface area contributed by atoms with Crippen LogP contribution in [-0.4, -0.2) is 56.5 Å². The summed E-state index contributed by atoms with van der Waals surface area (Å²) in [7, 11) is -0.889. The van der Waals surface area contributed by atoms with Crippen LogP contribution in [0.1, 0.15) is 25.7 Å². The van der Waals surface area contributed by atoms with E-state index in [1.807, 2.05) is 7.05 Å². The minimum atomic E-state index is -2.77. The summed E-state index contributed by atoms with van der Waals surface area (Å²) in [5.41, 5.74) is -0.267. The molecule has 0 aromatic carbocycles. The number of nitrogens with zero attached hydrogens (tertiary/aromatic N) is 1. The Hall–Kier alpha value is -0.640. The lowest BCUT2D eigenvalue weighted by Gasteiger charge is -2.41. The first-order valence-electron chi connectivity index (χ1n) is 6.57. The zero-order chi connectivity index (χ0) is 13.2. The largest absolute Gasteiger partial charge is 0.300 e. The number of piperidine rings is 1. The Kier molecular flexibility index (Phi) is 3.95. The quantitative estimate of drug-likeness (QED) is 0.634. The van der Waals surface area contributed by atoms with Crippen molar-refractivity contribution in [3.63, 3.8) is 0 Å². The molecule has 0 bridgehead atoms. The molecule has 102 valence electrons. The van der Waals surface area contributed by atoms with Crippen LogP contribution >= 0.6 is 0 Å². The highest BCUT2D eigenvalue weighted by molar-refractivity contribution is 7.91. The first-order valence-corrected chi connectivity index (χ1v) is 8.40. The van der Waals surface area contributed by atoms with Gasteiger partial charge in [-0.2, -0.15) is 0 Å². The van der Waals surface area contributed by atoms with Crippen molar-refractivity contribution in [2.45, 2.75) is 37.3 Å². The molecule has 5 nitrogen and oxygen atoms in total. The molecule has 0 radical (unpaired) electrons. The van der Waals surface area contributed by atoms with E-state index < -0.39 is 9.84 Å². The van der Waals surface area contributed by atoms with E-state index in [9.17, 15) is 8.42 Å². The Bertz CT molecular complexity index is 419. The van der Waals surface area contributed by atoms with Crippen molar-refractivity contribution in [2.24, 2.45) is 0 Å². The van der Waals surface area contributed by atoms with E-state index in [0.29, 0.717) is 17.5 Å². The number of rotatable bonds is 2. The second-order valence-electron chi connectivity index (χ2n) is 5.38. The van der Waals surface area contributed by atoms with Gasteiger partial charge in [0.1, 0.15) is 9.84 Å². The van der Waals surface area contributed by atoms with E-state index in [1.165, 1.54) is 0 Å². The van der Waals surface area contributed by atoms with Gasteiger partial charge in [0, 0.05) is 19.1 Å². The van der Waals surface area contributed by atoms with Gasteiger partial charge in [-0.15, -0.1) is 0 Å². The van der Waals surface area contributed by atoms with Crippen molar-refractivity contribution >= 4 is 9.84 Å². The monoisotopic (exact) mass is 272 g/mol. The van der Waals surface area contributed by atoms with Crippen LogP contribution in [0.3, 0.4) is 0 Å². The third-order valence-electron chi connectivity index (χ3n) is 4.41. The lowest BCUT2D eigenvalue weighted by molar-refractivity contribution is -0.104. The maximum absolute atomic E-state index is 11.4. The van der Waals surface area contributed by atoms with Crippen LogP contribution in [0.25, 0.3) is 0 Å². The van der Waals surface area contributed by atoms with Gasteiger partial charge in [0.2, 0.25) is 0 Å². The van der Waals surface area contributed by atoms with Crippen molar-refractivity contribution in [2.75, 3.05) is 31.6 Å². The minimum Gasteiger partial charge on any atom is -0.300 e. The summed E-state index contributed by atoms with van der Waals surface area (Å²) >= 11 is 0. The van der Waals surface area contributed by atoms with Crippen LogP contribution in [0.5, 0.6) is 0 Å². The van der Waals surface area contributed by atoms with Gasteiger partial charge in [0.05, 0.1) is 11.5 Å². The average molecular weight is 272 g/mol. The Balaban J connectivity index is 1.90. The average Bonchev–Trinajstić information content (AvgIpc) is 2.39. The number of hydrogen-bond donors (Lipinski definition) is 2. The molecule has 2 N–H and O–H groups in total. The van der Waals surface area contributed by atoms with Crippen molar-refractivity contribution in [1.82, 2.24) is 10.2 Å². The highest BCUT2D eigenvalue weighted by Crippen LogP contribution is 2.26. The van der Waals surface area contributed by atoms with Crippen molar-refractivity contribution in [3.05, 3.63) is 0 Å². The fourth-order valence-electron chi connectivity index (χ4n) is 2.95. The summed E-state index contributed by atoms with van der Waals surface area (Å²) in [5, 5.41) is 10.6. The fourth-order valence-corrected chi connectivity index (χ4v) is 4.42. The Morgan fingerprint density at radius 3 is 2.28 bits per heavy atom. The predicted octanol–water partition coefficient (Wildman–Crippen LogP) is -1.61. The third kappa shape index (κ3) is 2.85. The van der Waals surface area contributed by atoms with Gasteiger partial charge in [-0.1, -0.05) is 5.26 Å². The summed E-state index contributed by atoms with van der Waals surface area (Å²) < 4.78 is 22.8. The van der Waals surface area contributed by atoms with Crippen LogP contribution < -0.4 is 10.6 Å². The molecule has 0 atom stereocenters. The molecule has 2 heterocycles. The number of sulfone groups is 1. The smallest absolute Gasteiger partial charge is 0.292 e. The molecule has 0 saturated carbocycles. The number of nitrogens with one attached hydrogen (secondary N) is 2. The first-order chi connectivity index (χ1) is 8.50. The van der Waals surface area contributed by atoms with Gasteiger partial charge < -0.3 is 4.90 Å². The molecule has 2 aliphatic rings. The van der Waals surface area contributed by atoms with E-state index in [-0.39, 0.29) is 5.54 Å². The molecule has 2 rings (SSSR count). The van der Waals surface area contributed by atoms with Gasteiger partial charge in [0.15, 0.2) is 5.54 Å². The highest BCUT2D eigenvalue weighted by atomic mass is 32.2. The molecule has 2 fully saturated rings.